The highest BCUT2D eigenvalue weighted by Crippen LogP contribution is 2.22. The molecule has 1 rings (SSSR count). The first-order valence-corrected chi connectivity index (χ1v) is 5.62. The van der Waals surface area contributed by atoms with E-state index >= 15 is 0 Å². The van der Waals surface area contributed by atoms with Gasteiger partial charge in [0.15, 0.2) is 0 Å². The number of hydrogen-bond acceptors (Lipinski definition) is 3. The minimum absolute atomic E-state index is 0.0374. The summed E-state index contributed by atoms with van der Waals surface area (Å²) < 4.78 is 40.7. The minimum atomic E-state index is -4.83. The molecule has 0 spiro atoms. The maximum atomic E-state index is 11.9. The standard InChI is InChI=1S/C12H15F3N2O2/c1-19-10-5-4-8(7-9(10)16)3-2-6-17-11(18)12(13,14)15/h4-5,7H,2-3,6,16H2,1H3,(H,17,18). The number of rotatable bonds is 5. The summed E-state index contributed by atoms with van der Waals surface area (Å²) in [5.41, 5.74) is 7.04. The number of aryl methyl sites for hydroxylation is 1. The maximum Gasteiger partial charge on any atom is 0.471 e. The van der Waals surface area contributed by atoms with Crippen molar-refractivity contribution in [1.29, 1.82) is 0 Å². The number of carbonyl (C=O) groups excluding carboxylic acids is 1. The summed E-state index contributed by atoms with van der Waals surface area (Å²) in [7, 11) is 1.50. The molecule has 1 aromatic carbocycles. The number of anilines is 1. The van der Waals surface area contributed by atoms with Gasteiger partial charge < -0.3 is 15.8 Å². The van der Waals surface area contributed by atoms with Crippen LogP contribution in [0.2, 0.25) is 0 Å². The molecule has 7 heteroatoms. The van der Waals surface area contributed by atoms with Crippen molar-refractivity contribution < 1.29 is 22.7 Å². The Bertz CT molecular complexity index is 447. The molecule has 106 valence electrons. The van der Waals surface area contributed by atoms with Crippen molar-refractivity contribution in [1.82, 2.24) is 5.32 Å². The number of nitrogen functional groups attached to an aromatic ring is 1. The van der Waals surface area contributed by atoms with Crippen LogP contribution in [0.1, 0.15) is 12.0 Å². The van der Waals surface area contributed by atoms with Gasteiger partial charge >= 0.3 is 12.1 Å². The Morgan fingerprint density at radius 2 is 2.11 bits per heavy atom. The molecule has 0 bridgehead atoms. The number of halogens is 3. The predicted octanol–water partition coefficient (Wildman–Crippen LogP) is 1.89. The summed E-state index contributed by atoms with van der Waals surface area (Å²) >= 11 is 0. The zero-order valence-electron chi connectivity index (χ0n) is 10.4. The number of methoxy groups -OCH3 is 1. The van der Waals surface area contributed by atoms with E-state index < -0.39 is 12.1 Å². The zero-order chi connectivity index (χ0) is 14.5. The van der Waals surface area contributed by atoms with Gasteiger partial charge in [-0.1, -0.05) is 6.07 Å². The van der Waals surface area contributed by atoms with E-state index in [0.29, 0.717) is 24.3 Å². The fourth-order valence-electron chi connectivity index (χ4n) is 1.53. The summed E-state index contributed by atoms with van der Waals surface area (Å²) in [5, 5.41) is 1.81. The molecule has 0 aromatic heterocycles. The molecule has 0 unspecified atom stereocenters. The van der Waals surface area contributed by atoms with Crippen LogP contribution in [0.15, 0.2) is 18.2 Å². The molecular formula is C12H15F3N2O2. The Balaban J connectivity index is 2.38. The van der Waals surface area contributed by atoms with Crippen LogP contribution in [0.5, 0.6) is 5.75 Å². The number of ether oxygens (including phenoxy) is 1. The molecule has 0 fully saturated rings. The van der Waals surface area contributed by atoms with Gasteiger partial charge in [0.05, 0.1) is 12.8 Å². The van der Waals surface area contributed by atoms with Crippen LogP contribution in [0.25, 0.3) is 0 Å². The fourth-order valence-corrected chi connectivity index (χ4v) is 1.53. The maximum absolute atomic E-state index is 11.9. The Morgan fingerprint density at radius 3 is 2.63 bits per heavy atom. The van der Waals surface area contributed by atoms with Crippen molar-refractivity contribution in [2.45, 2.75) is 19.0 Å². The summed E-state index contributed by atoms with van der Waals surface area (Å²) in [4.78, 5) is 10.5. The van der Waals surface area contributed by atoms with E-state index in [4.69, 9.17) is 10.5 Å². The molecule has 4 nitrogen and oxygen atoms in total. The van der Waals surface area contributed by atoms with E-state index in [1.807, 2.05) is 5.32 Å². The third-order valence-corrected chi connectivity index (χ3v) is 2.48. The number of carbonyl (C=O) groups is 1. The topological polar surface area (TPSA) is 64.3 Å². The summed E-state index contributed by atoms with van der Waals surface area (Å²) in [6, 6.07) is 5.17. The molecular weight excluding hydrogens is 261 g/mol. The minimum Gasteiger partial charge on any atom is -0.495 e. The van der Waals surface area contributed by atoms with Crippen molar-refractivity contribution in [3.05, 3.63) is 23.8 Å². The molecule has 0 saturated carbocycles. The second-order valence-electron chi connectivity index (χ2n) is 3.93. The third-order valence-electron chi connectivity index (χ3n) is 2.48. The lowest BCUT2D eigenvalue weighted by Gasteiger charge is -2.09. The van der Waals surface area contributed by atoms with Crippen LogP contribution < -0.4 is 15.8 Å². The predicted molar refractivity (Wildman–Crippen MR) is 64.8 cm³/mol. The van der Waals surface area contributed by atoms with E-state index in [9.17, 15) is 18.0 Å². The van der Waals surface area contributed by atoms with Crippen LogP contribution in [-0.2, 0) is 11.2 Å². The van der Waals surface area contributed by atoms with Gasteiger partial charge in [-0.2, -0.15) is 13.2 Å². The molecule has 19 heavy (non-hydrogen) atoms. The van der Waals surface area contributed by atoms with E-state index in [-0.39, 0.29) is 6.54 Å². The van der Waals surface area contributed by atoms with Crippen LogP contribution >= 0.6 is 0 Å². The fraction of sp³-hybridized carbons (Fsp3) is 0.417. The van der Waals surface area contributed by atoms with Crippen LogP contribution in [0.3, 0.4) is 0 Å². The number of benzene rings is 1. The van der Waals surface area contributed by atoms with Gasteiger partial charge in [0.2, 0.25) is 0 Å². The molecule has 0 radical (unpaired) electrons. The summed E-state index contributed by atoms with van der Waals surface area (Å²) in [6.45, 7) is -0.0374. The Kier molecular flexibility index (Phi) is 5.02. The molecule has 0 aliphatic heterocycles. The van der Waals surface area contributed by atoms with Gasteiger partial charge in [-0.3, -0.25) is 4.79 Å². The van der Waals surface area contributed by atoms with E-state index in [2.05, 4.69) is 0 Å². The second-order valence-corrected chi connectivity index (χ2v) is 3.93. The Labute approximate surface area is 108 Å². The molecule has 0 saturated heterocycles. The highest BCUT2D eigenvalue weighted by Gasteiger charge is 2.38. The largest absolute Gasteiger partial charge is 0.495 e. The average molecular weight is 276 g/mol. The lowest BCUT2D eigenvalue weighted by atomic mass is 10.1. The zero-order valence-corrected chi connectivity index (χ0v) is 10.4. The van der Waals surface area contributed by atoms with Crippen molar-refractivity contribution >= 4 is 11.6 Å². The molecule has 1 aromatic rings. The Morgan fingerprint density at radius 1 is 1.42 bits per heavy atom. The van der Waals surface area contributed by atoms with E-state index in [1.54, 1.807) is 18.2 Å². The molecule has 3 N–H and O–H groups in total. The Hall–Kier alpha value is -1.92. The summed E-state index contributed by atoms with van der Waals surface area (Å²) in [6.07, 6.45) is -3.91. The number of amides is 1. The number of nitrogens with two attached hydrogens (primary N) is 1. The lowest BCUT2D eigenvalue weighted by Crippen LogP contribution is -2.37. The number of nitrogens with one attached hydrogen (secondary N) is 1. The summed E-state index contributed by atoms with van der Waals surface area (Å²) in [5.74, 6) is -1.36. The lowest BCUT2D eigenvalue weighted by molar-refractivity contribution is -0.173. The average Bonchev–Trinajstić information content (AvgIpc) is 2.33. The first kappa shape index (κ1) is 15.1. The van der Waals surface area contributed by atoms with Crippen LogP contribution in [0.4, 0.5) is 18.9 Å². The quantitative estimate of drug-likeness (QED) is 0.637. The molecule has 0 atom stereocenters. The SMILES string of the molecule is COc1ccc(CCCNC(=O)C(F)(F)F)cc1N. The van der Waals surface area contributed by atoms with Crippen molar-refractivity contribution in [2.75, 3.05) is 19.4 Å². The number of hydrogen-bond donors (Lipinski definition) is 2. The van der Waals surface area contributed by atoms with Gasteiger partial charge in [0.25, 0.3) is 0 Å². The van der Waals surface area contributed by atoms with Gasteiger partial charge in [-0.15, -0.1) is 0 Å². The smallest absolute Gasteiger partial charge is 0.471 e. The second kappa shape index (κ2) is 6.31. The first-order chi connectivity index (χ1) is 8.84. The van der Waals surface area contributed by atoms with Gasteiger partial charge in [0.1, 0.15) is 5.75 Å². The van der Waals surface area contributed by atoms with E-state index in [0.717, 1.165) is 5.56 Å². The van der Waals surface area contributed by atoms with Gasteiger partial charge in [-0.25, -0.2) is 0 Å². The van der Waals surface area contributed by atoms with Gasteiger partial charge in [-0.05, 0) is 30.5 Å². The third kappa shape index (κ3) is 4.69. The van der Waals surface area contributed by atoms with Crippen LogP contribution in [-0.4, -0.2) is 25.7 Å². The molecule has 0 aliphatic rings. The molecule has 0 aliphatic carbocycles. The normalized spacial score (nSPS) is 11.2. The molecule has 1 amide bonds. The van der Waals surface area contributed by atoms with Crippen molar-refractivity contribution in [3.63, 3.8) is 0 Å². The van der Waals surface area contributed by atoms with Crippen molar-refractivity contribution in [2.24, 2.45) is 0 Å². The highest BCUT2D eigenvalue weighted by molar-refractivity contribution is 5.81. The highest BCUT2D eigenvalue weighted by atomic mass is 19.4. The van der Waals surface area contributed by atoms with E-state index in [1.165, 1.54) is 7.11 Å². The van der Waals surface area contributed by atoms with Gasteiger partial charge in [0, 0.05) is 6.54 Å². The monoisotopic (exact) mass is 276 g/mol. The van der Waals surface area contributed by atoms with Crippen molar-refractivity contribution in [3.8, 4) is 5.75 Å². The first-order valence-electron chi connectivity index (χ1n) is 5.62. The van der Waals surface area contributed by atoms with Crippen LogP contribution in [0, 0.1) is 0 Å². The molecule has 0 heterocycles. The number of alkyl halides is 3.